The van der Waals surface area contributed by atoms with E-state index in [0.29, 0.717) is 24.2 Å². The third kappa shape index (κ3) is 5.65. The summed E-state index contributed by atoms with van der Waals surface area (Å²) in [5.41, 5.74) is 3.55. The van der Waals surface area contributed by atoms with Gasteiger partial charge in [0.05, 0.1) is 0 Å². The lowest BCUT2D eigenvalue weighted by Gasteiger charge is -2.18. The number of hydrogen-bond donors (Lipinski definition) is 0. The van der Waals surface area contributed by atoms with Crippen molar-refractivity contribution in [3.63, 3.8) is 0 Å². The number of Topliss-reactive ketones (excluding diaryl/α,β-unsaturated/α-hetero) is 1. The lowest BCUT2D eigenvalue weighted by Crippen LogP contribution is -2.15. The van der Waals surface area contributed by atoms with Crippen molar-refractivity contribution in [3.8, 4) is 5.75 Å². The quantitative estimate of drug-likeness (QED) is 0.660. The van der Waals surface area contributed by atoms with Crippen LogP contribution in [-0.4, -0.2) is 5.78 Å². The minimum atomic E-state index is -0.883. The molecule has 0 heterocycles. The summed E-state index contributed by atoms with van der Waals surface area (Å²) in [6.45, 7) is 10.2. The molecule has 0 radical (unpaired) electrons. The van der Waals surface area contributed by atoms with E-state index >= 15 is 0 Å². The summed E-state index contributed by atoms with van der Waals surface area (Å²) >= 11 is 0. The number of rotatable bonds is 6. The standard InChI is InChI=1S/C22H26F2O2/c1-14-8-18(26-13-16-6-7-20(23)21(24)10-16)9-15(2)19(14)11-17(25)12-22(3,4)5/h6-10H,11-13H2,1-5H3. The number of benzene rings is 2. The fraction of sp³-hybridized carbons (Fsp3) is 0.409. The molecule has 0 aliphatic heterocycles. The maximum Gasteiger partial charge on any atom is 0.159 e. The van der Waals surface area contributed by atoms with E-state index in [9.17, 15) is 13.6 Å². The van der Waals surface area contributed by atoms with Gasteiger partial charge in [0, 0.05) is 12.8 Å². The van der Waals surface area contributed by atoms with Crippen LogP contribution >= 0.6 is 0 Å². The van der Waals surface area contributed by atoms with Crippen molar-refractivity contribution in [3.05, 3.63) is 64.2 Å². The second kappa shape index (κ2) is 7.98. The van der Waals surface area contributed by atoms with Crippen LogP contribution < -0.4 is 4.74 Å². The van der Waals surface area contributed by atoms with Gasteiger partial charge in [-0.15, -0.1) is 0 Å². The SMILES string of the molecule is Cc1cc(OCc2ccc(F)c(F)c2)cc(C)c1CC(=O)CC(C)(C)C. The Labute approximate surface area is 154 Å². The smallest absolute Gasteiger partial charge is 0.159 e. The average molecular weight is 360 g/mol. The molecule has 0 N–H and O–H groups in total. The zero-order chi connectivity index (χ0) is 19.5. The molecule has 0 fully saturated rings. The largest absolute Gasteiger partial charge is 0.489 e. The summed E-state index contributed by atoms with van der Waals surface area (Å²) in [6.07, 6.45) is 0.957. The highest BCUT2D eigenvalue weighted by Crippen LogP contribution is 2.26. The maximum absolute atomic E-state index is 13.3. The van der Waals surface area contributed by atoms with Crippen molar-refractivity contribution in [2.45, 2.75) is 54.1 Å². The Bertz CT molecular complexity index is 781. The van der Waals surface area contributed by atoms with Crippen molar-refractivity contribution in [2.75, 3.05) is 0 Å². The maximum atomic E-state index is 13.3. The summed E-state index contributed by atoms with van der Waals surface area (Å²) < 4.78 is 32.0. The molecule has 0 spiro atoms. The molecule has 0 aliphatic rings. The lowest BCUT2D eigenvalue weighted by molar-refractivity contribution is -0.120. The highest BCUT2D eigenvalue weighted by molar-refractivity contribution is 5.82. The van der Waals surface area contributed by atoms with Crippen LogP contribution in [-0.2, 0) is 17.8 Å². The Kier molecular flexibility index (Phi) is 6.17. The van der Waals surface area contributed by atoms with Gasteiger partial charge in [-0.05, 0) is 65.8 Å². The topological polar surface area (TPSA) is 26.3 Å². The van der Waals surface area contributed by atoms with Gasteiger partial charge in [-0.25, -0.2) is 8.78 Å². The molecule has 4 heteroatoms. The molecule has 140 valence electrons. The van der Waals surface area contributed by atoms with Crippen LogP contribution in [0.5, 0.6) is 5.75 Å². The third-order valence-corrected chi connectivity index (χ3v) is 4.16. The molecule has 0 amide bonds. The number of halogens is 2. The van der Waals surface area contributed by atoms with E-state index in [0.717, 1.165) is 28.8 Å². The molecular weight excluding hydrogens is 334 g/mol. The van der Waals surface area contributed by atoms with E-state index in [1.165, 1.54) is 6.07 Å². The predicted octanol–water partition coefficient (Wildman–Crippen LogP) is 5.71. The van der Waals surface area contributed by atoms with Crippen molar-refractivity contribution in [2.24, 2.45) is 5.41 Å². The number of ketones is 1. The van der Waals surface area contributed by atoms with Gasteiger partial charge in [-0.2, -0.15) is 0 Å². The summed E-state index contributed by atoms with van der Waals surface area (Å²) in [5.74, 6) is -0.883. The molecule has 0 saturated carbocycles. The van der Waals surface area contributed by atoms with Gasteiger partial charge in [0.1, 0.15) is 18.1 Å². The van der Waals surface area contributed by atoms with E-state index in [1.807, 2.05) is 26.0 Å². The Balaban J connectivity index is 2.08. The van der Waals surface area contributed by atoms with Gasteiger partial charge in [0.2, 0.25) is 0 Å². The van der Waals surface area contributed by atoms with E-state index in [4.69, 9.17) is 4.74 Å². The summed E-state index contributed by atoms with van der Waals surface area (Å²) in [7, 11) is 0. The van der Waals surface area contributed by atoms with E-state index in [-0.39, 0.29) is 17.8 Å². The second-order valence-corrected chi connectivity index (χ2v) is 8.03. The van der Waals surface area contributed by atoms with Crippen LogP contribution in [0, 0.1) is 30.9 Å². The normalized spacial score (nSPS) is 11.5. The number of aryl methyl sites for hydroxylation is 2. The summed E-state index contributed by atoms with van der Waals surface area (Å²) in [5, 5.41) is 0. The predicted molar refractivity (Wildman–Crippen MR) is 99.4 cm³/mol. The van der Waals surface area contributed by atoms with Crippen LogP contribution in [0.1, 0.15) is 49.4 Å². The molecule has 2 aromatic rings. The summed E-state index contributed by atoms with van der Waals surface area (Å²) in [6, 6.07) is 7.49. The van der Waals surface area contributed by atoms with E-state index in [1.54, 1.807) is 0 Å². The van der Waals surface area contributed by atoms with Gasteiger partial charge in [0.25, 0.3) is 0 Å². The minimum absolute atomic E-state index is 0.0215. The Morgan fingerprint density at radius 1 is 1.00 bits per heavy atom. The van der Waals surface area contributed by atoms with E-state index in [2.05, 4.69) is 20.8 Å². The highest BCUT2D eigenvalue weighted by atomic mass is 19.2. The van der Waals surface area contributed by atoms with Gasteiger partial charge < -0.3 is 4.74 Å². The monoisotopic (exact) mass is 360 g/mol. The molecule has 0 unspecified atom stereocenters. The van der Waals surface area contributed by atoms with E-state index < -0.39 is 11.6 Å². The van der Waals surface area contributed by atoms with Crippen LogP contribution in [0.2, 0.25) is 0 Å². The van der Waals surface area contributed by atoms with Crippen molar-refractivity contribution in [1.29, 1.82) is 0 Å². The Morgan fingerprint density at radius 2 is 1.62 bits per heavy atom. The molecule has 0 saturated heterocycles. The molecule has 0 aliphatic carbocycles. The van der Waals surface area contributed by atoms with Gasteiger partial charge in [0.15, 0.2) is 11.6 Å². The highest BCUT2D eigenvalue weighted by Gasteiger charge is 2.18. The molecule has 0 aromatic heterocycles. The lowest BCUT2D eigenvalue weighted by atomic mass is 9.87. The van der Waals surface area contributed by atoms with Gasteiger partial charge in [-0.3, -0.25) is 4.79 Å². The first-order valence-electron chi connectivity index (χ1n) is 8.74. The molecule has 2 nitrogen and oxygen atoms in total. The van der Waals surface area contributed by atoms with Gasteiger partial charge in [-0.1, -0.05) is 26.8 Å². The number of carbonyl (C=O) groups excluding carboxylic acids is 1. The van der Waals surface area contributed by atoms with Gasteiger partial charge >= 0.3 is 0 Å². The van der Waals surface area contributed by atoms with Crippen LogP contribution in [0.15, 0.2) is 30.3 Å². The second-order valence-electron chi connectivity index (χ2n) is 8.03. The minimum Gasteiger partial charge on any atom is -0.489 e. The first-order chi connectivity index (χ1) is 12.0. The zero-order valence-corrected chi connectivity index (χ0v) is 16.1. The number of hydrogen-bond acceptors (Lipinski definition) is 2. The molecule has 26 heavy (non-hydrogen) atoms. The molecule has 2 aromatic carbocycles. The van der Waals surface area contributed by atoms with Crippen molar-refractivity contribution >= 4 is 5.78 Å². The number of carbonyl (C=O) groups is 1. The molecule has 0 atom stereocenters. The van der Waals surface area contributed by atoms with Crippen LogP contribution in [0.4, 0.5) is 8.78 Å². The Morgan fingerprint density at radius 3 is 2.15 bits per heavy atom. The van der Waals surface area contributed by atoms with Crippen LogP contribution in [0.25, 0.3) is 0 Å². The summed E-state index contributed by atoms with van der Waals surface area (Å²) in [4.78, 5) is 12.3. The fourth-order valence-corrected chi connectivity index (χ4v) is 2.96. The molecule has 2 rings (SSSR count). The zero-order valence-electron chi connectivity index (χ0n) is 16.1. The first-order valence-corrected chi connectivity index (χ1v) is 8.74. The average Bonchev–Trinajstić information content (AvgIpc) is 2.50. The Hall–Kier alpha value is -2.23. The molecular formula is C22H26F2O2. The van der Waals surface area contributed by atoms with Crippen molar-refractivity contribution < 1.29 is 18.3 Å². The van der Waals surface area contributed by atoms with Crippen LogP contribution in [0.3, 0.4) is 0 Å². The number of ether oxygens (including phenoxy) is 1. The molecule has 0 bridgehead atoms. The fourth-order valence-electron chi connectivity index (χ4n) is 2.96. The first kappa shape index (κ1) is 20.1. The third-order valence-electron chi connectivity index (χ3n) is 4.16. The van der Waals surface area contributed by atoms with Crippen molar-refractivity contribution in [1.82, 2.24) is 0 Å².